The van der Waals surface area contributed by atoms with Gasteiger partial charge < -0.3 is 16.0 Å². The number of nitrogen functional groups attached to an aromatic ring is 1. The number of hydrogen-bond donors (Lipinski definition) is 2. The van der Waals surface area contributed by atoms with E-state index in [1.807, 2.05) is 0 Å². The summed E-state index contributed by atoms with van der Waals surface area (Å²) in [5.41, 5.74) is 6.93. The first kappa shape index (κ1) is 12.4. The third kappa shape index (κ3) is 2.79. The van der Waals surface area contributed by atoms with Crippen LogP contribution < -0.4 is 11.1 Å². The van der Waals surface area contributed by atoms with Crippen LogP contribution in [0.15, 0.2) is 22.7 Å². The molecule has 4 nitrogen and oxygen atoms in total. The molecule has 1 fully saturated rings. The average molecular weight is 298 g/mol. The van der Waals surface area contributed by atoms with Crippen molar-refractivity contribution in [2.75, 3.05) is 25.9 Å². The number of hydrogen-bond acceptors (Lipinski definition) is 3. The number of carbonyl (C=O) groups is 1. The smallest absolute Gasteiger partial charge is 0.252 e. The number of nitrogens with zero attached hydrogens (tertiary/aromatic N) is 1. The molecule has 1 saturated heterocycles. The Morgan fingerprint density at radius 1 is 1.59 bits per heavy atom. The van der Waals surface area contributed by atoms with Crippen LogP contribution >= 0.6 is 15.9 Å². The molecule has 1 aliphatic heterocycles. The highest BCUT2D eigenvalue weighted by Gasteiger charge is 2.22. The molecule has 3 N–H and O–H groups in total. The molecule has 0 bridgehead atoms. The molecular formula is C12H16BrN3O. The zero-order chi connectivity index (χ0) is 12.4. The van der Waals surface area contributed by atoms with Gasteiger partial charge in [-0.2, -0.15) is 0 Å². The van der Waals surface area contributed by atoms with E-state index in [2.05, 4.69) is 33.2 Å². The highest BCUT2D eigenvalue weighted by molar-refractivity contribution is 9.10. The number of amides is 1. The van der Waals surface area contributed by atoms with E-state index in [0.717, 1.165) is 19.5 Å². The number of carbonyl (C=O) groups excluding carboxylic acids is 1. The van der Waals surface area contributed by atoms with E-state index >= 15 is 0 Å². The first-order chi connectivity index (χ1) is 8.08. The van der Waals surface area contributed by atoms with Gasteiger partial charge in [0, 0.05) is 18.3 Å². The van der Waals surface area contributed by atoms with E-state index in [9.17, 15) is 4.79 Å². The molecule has 1 atom stereocenters. The van der Waals surface area contributed by atoms with Crippen LogP contribution in [0.4, 0.5) is 5.69 Å². The fourth-order valence-electron chi connectivity index (χ4n) is 2.04. The van der Waals surface area contributed by atoms with Gasteiger partial charge in [0.05, 0.1) is 10.0 Å². The molecule has 1 heterocycles. The van der Waals surface area contributed by atoms with E-state index in [0.29, 0.717) is 15.7 Å². The maximum Gasteiger partial charge on any atom is 0.252 e. The average Bonchev–Trinajstić information content (AvgIpc) is 2.68. The maximum atomic E-state index is 12.1. The van der Waals surface area contributed by atoms with Crippen molar-refractivity contribution in [3.8, 4) is 0 Å². The van der Waals surface area contributed by atoms with Crippen molar-refractivity contribution in [2.24, 2.45) is 0 Å². The number of nitrogens with two attached hydrogens (primary N) is 1. The highest BCUT2D eigenvalue weighted by atomic mass is 79.9. The molecule has 17 heavy (non-hydrogen) atoms. The number of likely N-dealkylation sites (N-methyl/N-ethyl adjacent to an activating group) is 1. The minimum Gasteiger partial charge on any atom is -0.398 e. The highest BCUT2D eigenvalue weighted by Crippen LogP contribution is 2.23. The van der Waals surface area contributed by atoms with Crippen LogP contribution in [0.2, 0.25) is 0 Å². The molecule has 1 aliphatic rings. The summed E-state index contributed by atoms with van der Waals surface area (Å²) in [5.74, 6) is -0.0653. The molecule has 0 saturated carbocycles. The first-order valence-electron chi connectivity index (χ1n) is 5.61. The number of likely N-dealkylation sites (tertiary alicyclic amines) is 1. The number of rotatable bonds is 2. The molecule has 92 valence electrons. The van der Waals surface area contributed by atoms with Crippen molar-refractivity contribution in [1.82, 2.24) is 10.2 Å². The summed E-state index contributed by atoms with van der Waals surface area (Å²) in [4.78, 5) is 14.3. The second-order valence-corrected chi connectivity index (χ2v) is 5.22. The summed E-state index contributed by atoms with van der Waals surface area (Å²) in [5, 5.41) is 3.03. The van der Waals surface area contributed by atoms with Crippen LogP contribution in [0.5, 0.6) is 0 Å². The van der Waals surface area contributed by atoms with E-state index in [4.69, 9.17) is 5.73 Å². The quantitative estimate of drug-likeness (QED) is 0.813. The van der Waals surface area contributed by atoms with Crippen molar-refractivity contribution in [3.63, 3.8) is 0 Å². The summed E-state index contributed by atoms with van der Waals surface area (Å²) >= 11 is 3.35. The summed E-state index contributed by atoms with van der Waals surface area (Å²) < 4.78 is 0.670. The van der Waals surface area contributed by atoms with Crippen molar-refractivity contribution in [1.29, 1.82) is 0 Å². The minimum absolute atomic E-state index is 0.0653. The van der Waals surface area contributed by atoms with Gasteiger partial charge in [-0.05, 0) is 48.1 Å². The minimum atomic E-state index is -0.0653. The lowest BCUT2D eigenvalue weighted by Gasteiger charge is -2.14. The Labute approximate surface area is 109 Å². The summed E-state index contributed by atoms with van der Waals surface area (Å²) in [6, 6.07) is 5.56. The van der Waals surface area contributed by atoms with Crippen LogP contribution in [0.1, 0.15) is 16.8 Å². The van der Waals surface area contributed by atoms with Crippen LogP contribution in [-0.2, 0) is 0 Å². The topological polar surface area (TPSA) is 58.4 Å². The zero-order valence-electron chi connectivity index (χ0n) is 9.74. The Hall–Kier alpha value is -1.07. The summed E-state index contributed by atoms with van der Waals surface area (Å²) in [7, 11) is 2.06. The fourth-order valence-corrected chi connectivity index (χ4v) is 2.49. The SMILES string of the molecule is CN1CCC(NC(=O)c2cccc(N)c2Br)C1. The van der Waals surface area contributed by atoms with Gasteiger partial charge >= 0.3 is 0 Å². The van der Waals surface area contributed by atoms with Gasteiger partial charge in [-0.25, -0.2) is 0 Å². The first-order valence-corrected chi connectivity index (χ1v) is 6.40. The molecule has 1 aromatic carbocycles. The van der Waals surface area contributed by atoms with Gasteiger partial charge in [0.2, 0.25) is 0 Å². The Morgan fingerprint density at radius 2 is 2.35 bits per heavy atom. The van der Waals surface area contributed by atoms with Crippen LogP contribution in [-0.4, -0.2) is 37.0 Å². The number of halogens is 1. The summed E-state index contributed by atoms with van der Waals surface area (Å²) in [6.45, 7) is 1.94. The van der Waals surface area contributed by atoms with E-state index in [-0.39, 0.29) is 11.9 Å². The molecule has 1 unspecified atom stereocenters. The molecule has 0 aliphatic carbocycles. The number of benzene rings is 1. The molecule has 2 rings (SSSR count). The van der Waals surface area contributed by atoms with Crippen LogP contribution in [0.25, 0.3) is 0 Å². The monoisotopic (exact) mass is 297 g/mol. The predicted molar refractivity (Wildman–Crippen MR) is 71.9 cm³/mol. The van der Waals surface area contributed by atoms with E-state index in [1.54, 1.807) is 18.2 Å². The normalized spacial score (nSPS) is 20.5. The zero-order valence-corrected chi connectivity index (χ0v) is 11.3. The second-order valence-electron chi connectivity index (χ2n) is 4.43. The van der Waals surface area contributed by atoms with E-state index in [1.165, 1.54) is 0 Å². The molecule has 0 aromatic heterocycles. The standard InChI is InChI=1S/C12H16BrN3O/c1-16-6-5-8(7-16)15-12(17)9-3-2-4-10(14)11(9)13/h2-4,8H,5-7,14H2,1H3,(H,15,17). The molecule has 0 radical (unpaired) electrons. The Bertz CT molecular complexity index is 436. The molecule has 0 spiro atoms. The molecule has 1 amide bonds. The Balaban J connectivity index is 2.07. The largest absolute Gasteiger partial charge is 0.398 e. The van der Waals surface area contributed by atoms with Crippen molar-refractivity contribution >= 4 is 27.5 Å². The van der Waals surface area contributed by atoms with Crippen molar-refractivity contribution < 1.29 is 4.79 Å². The lowest BCUT2D eigenvalue weighted by Crippen LogP contribution is -2.36. The van der Waals surface area contributed by atoms with Gasteiger partial charge in [-0.3, -0.25) is 4.79 Å². The second kappa shape index (κ2) is 5.06. The van der Waals surface area contributed by atoms with Crippen molar-refractivity contribution in [3.05, 3.63) is 28.2 Å². The molecule has 1 aromatic rings. The molecular weight excluding hydrogens is 282 g/mol. The predicted octanol–water partition coefficient (Wildman–Crippen LogP) is 1.47. The van der Waals surface area contributed by atoms with Gasteiger partial charge in [0.25, 0.3) is 5.91 Å². The van der Waals surface area contributed by atoms with Gasteiger partial charge in [0.1, 0.15) is 0 Å². The lowest BCUT2D eigenvalue weighted by atomic mass is 10.1. The third-order valence-electron chi connectivity index (χ3n) is 3.00. The van der Waals surface area contributed by atoms with Gasteiger partial charge in [-0.15, -0.1) is 0 Å². The molecule has 5 heteroatoms. The third-order valence-corrected chi connectivity index (χ3v) is 3.88. The maximum absolute atomic E-state index is 12.1. The van der Waals surface area contributed by atoms with Crippen LogP contribution in [0, 0.1) is 0 Å². The summed E-state index contributed by atoms with van der Waals surface area (Å²) in [6.07, 6.45) is 1.00. The number of nitrogens with one attached hydrogen (secondary N) is 1. The Morgan fingerprint density at radius 3 is 3.00 bits per heavy atom. The lowest BCUT2D eigenvalue weighted by molar-refractivity contribution is 0.0937. The number of anilines is 1. The van der Waals surface area contributed by atoms with Crippen molar-refractivity contribution in [2.45, 2.75) is 12.5 Å². The fraction of sp³-hybridized carbons (Fsp3) is 0.417. The van der Waals surface area contributed by atoms with Crippen LogP contribution in [0.3, 0.4) is 0 Å². The Kier molecular flexibility index (Phi) is 3.69. The van der Waals surface area contributed by atoms with Gasteiger partial charge in [0.15, 0.2) is 0 Å². The van der Waals surface area contributed by atoms with Gasteiger partial charge in [-0.1, -0.05) is 6.07 Å². The van der Waals surface area contributed by atoms with E-state index < -0.39 is 0 Å².